The summed E-state index contributed by atoms with van der Waals surface area (Å²) in [5, 5.41) is 9.62. The first kappa shape index (κ1) is 17.7. The molecule has 0 radical (unpaired) electrons. The molecule has 6 nitrogen and oxygen atoms in total. The van der Waals surface area contributed by atoms with Crippen LogP contribution in [-0.4, -0.2) is 61.3 Å². The minimum Gasteiger partial charge on any atom is -0.481 e. The van der Waals surface area contributed by atoms with Crippen molar-refractivity contribution in [1.29, 1.82) is 0 Å². The van der Waals surface area contributed by atoms with Gasteiger partial charge < -0.3 is 19.6 Å². The van der Waals surface area contributed by atoms with Crippen LogP contribution in [0.2, 0.25) is 0 Å². The molecule has 2 heterocycles. The number of morpholine rings is 1. The van der Waals surface area contributed by atoms with E-state index in [0.717, 1.165) is 25.2 Å². The standard InChI is InChI=1S/C19H26N2O4/c1-2-19(18(23)24)7-4-8-21(14-19)17(22)15-5-3-6-16(13-15)20-9-11-25-12-10-20/h3,5-6,13H,2,4,7-12,14H2,1H3,(H,23,24)/t19-/m0/s1. The summed E-state index contributed by atoms with van der Waals surface area (Å²) in [5.41, 5.74) is 0.836. The van der Waals surface area contributed by atoms with Gasteiger partial charge >= 0.3 is 5.97 Å². The van der Waals surface area contributed by atoms with Crippen LogP contribution in [0.25, 0.3) is 0 Å². The summed E-state index contributed by atoms with van der Waals surface area (Å²) >= 11 is 0. The highest BCUT2D eigenvalue weighted by Gasteiger charge is 2.42. The van der Waals surface area contributed by atoms with Crippen LogP contribution < -0.4 is 4.90 Å². The molecule has 1 N–H and O–H groups in total. The fourth-order valence-corrected chi connectivity index (χ4v) is 3.76. The number of aliphatic carboxylic acids is 1. The molecule has 0 aliphatic carbocycles. The number of benzene rings is 1. The van der Waals surface area contributed by atoms with Crippen molar-refractivity contribution in [3.8, 4) is 0 Å². The average Bonchev–Trinajstić information content (AvgIpc) is 2.68. The molecule has 25 heavy (non-hydrogen) atoms. The Kier molecular flexibility index (Phi) is 5.27. The quantitative estimate of drug-likeness (QED) is 0.905. The van der Waals surface area contributed by atoms with Crippen LogP contribution in [-0.2, 0) is 9.53 Å². The maximum absolute atomic E-state index is 13.0. The number of hydrogen-bond donors (Lipinski definition) is 1. The van der Waals surface area contributed by atoms with Crippen molar-refractivity contribution in [2.24, 2.45) is 5.41 Å². The Morgan fingerprint density at radius 2 is 2.00 bits per heavy atom. The Bertz CT molecular complexity index is 642. The summed E-state index contributed by atoms with van der Waals surface area (Å²) in [5.74, 6) is -0.872. The number of rotatable bonds is 4. The van der Waals surface area contributed by atoms with Crippen LogP contribution in [0.15, 0.2) is 24.3 Å². The second-order valence-electron chi connectivity index (χ2n) is 6.92. The van der Waals surface area contributed by atoms with E-state index in [4.69, 9.17) is 4.74 Å². The summed E-state index contributed by atoms with van der Waals surface area (Å²) in [7, 11) is 0. The fraction of sp³-hybridized carbons (Fsp3) is 0.579. The lowest BCUT2D eigenvalue weighted by Crippen LogP contribution is -2.49. The molecular weight excluding hydrogens is 320 g/mol. The van der Waals surface area contributed by atoms with Gasteiger partial charge in [-0.2, -0.15) is 0 Å². The van der Waals surface area contributed by atoms with Gasteiger partial charge in [0.15, 0.2) is 0 Å². The first-order valence-corrected chi connectivity index (χ1v) is 9.01. The van der Waals surface area contributed by atoms with Crippen molar-refractivity contribution in [2.75, 3.05) is 44.3 Å². The summed E-state index contributed by atoms with van der Waals surface area (Å²) in [4.78, 5) is 28.6. The Balaban J connectivity index is 1.77. The van der Waals surface area contributed by atoms with Crippen molar-refractivity contribution in [1.82, 2.24) is 4.90 Å². The van der Waals surface area contributed by atoms with Crippen molar-refractivity contribution in [3.05, 3.63) is 29.8 Å². The third kappa shape index (κ3) is 3.63. The lowest BCUT2D eigenvalue weighted by Gasteiger charge is -2.39. The lowest BCUT2D eigenvalue weighted by molar-refractivity contribution is -0.152. The van der Waals surface area contributed by atoms with Gasteiger partial charge in [-0.25, -0.2) is 0 Å². The predicted octanol–water partition coefficient (Wildman–Crippen LogP) is 2.24. The lowest BCUT2D eigenvalue weighted by atomic mass is 9.77. The molecule has 1 atom stereocenters. The number of ether oxygens (including phenoxy) is 1. The van der Waals surface area contributed by atoms with Gasteiger partial charge in [-0.05, 0) is 37.5 Å². The van der Waals surface area contributed by atoms with E-state index < -0.39 is 11.4 Å². The second-order valence-corrected chi connectivity index (χ2v) is 6.92. The zero-order valence-corrected chi connectivity index (χ0v) is 14.7. The Labute approximate surface area is 148 Å². The molecule has 0 aromatic heterocycles. The van der Waals surface area contributed by atoms with Gasteiger partial charge in [0.1, 0.15) is 0 Å². The number of anilines is 1. The number of amides is 1. The first-order valence-electron chi connectivity index (χ1n) is 9.01. The van der Waals surface area contributed by atoms with Gasteiger partial charge in [-0.15, -0.1) is 0 Å². The van der Waals surface area contributed by atoms with Gasteiger partial charge in [-0.1, -0.05) is 13.0 Å². The third-order valence-corrected chi connectivity index (χ3v) is 5.46. The number of nitrogens with zero attached hydrogens (tertiary/aromatic N) is 2. The minimum absolute atomic E-state index is 0.0751. The maximum atomic E-state index is 13.0. The van der Waals surface area contributed by atoms with Gasteiger partial charge in [-0.3, -0.25) is 9.59 Å². The number of piperidine rings is 1. The molecule has 0 bridgehead atoms. The monoisotopic (exact) mass is 346 g/mol. The number of carboxylic acids is 1. The number of carbonyl (C=O) groups excluding carboxylic acids is 1. The zero-order chi connectivity index (χ0) is 17.9. The van der Waals surface area contributed by atoms with Crippen LogP contribution in [0.3, 0.4) is 0 Å². The topological polar surface area (TPSA) is 70.1 Å². The van der Waals surface area contributed by atoms with E-state index >= 15 is 0 Å². The third-order valence-electron chi connectivity index (χ3n) is 5.46. The van der Waals surface area contributed by atoms with Gasteiger partial charge in [0.05, 0.1) is 18.6 Å². The minimum atomic E-state index is -0.810. The van der Waals surface area contributed by atoms with Gasteiger partial charge in [0, 0.05) is 37.4 Å². The molecule has 0 unspecified atom stereocenters. The van der Waals surface area contributed by atoms with Gasteiger partial charge in [0.2, 0.25) is 0 Å². The normalized spacial score (nSPS) is 24.2. The van der Waals surface area contributed by atoms with Crippen LogP contribution in [0.4, 0.5) is 5.69 Å². The Morgan fingerprint density at radius 3 is 2.68 bits per heavy atom. The average molecular weight is 346 g/mol. The van der Waals surface area contributed by atoms with E-state index in [0.29, 0.717) is 44.7 Å². The van der Waals surface area contributed by atoms with Crippen molar-refractivity contribution in [2.45, 2.75) is 26.2 Å². The number of hydrogen-bond acceptors (Lipinski definition) is 4. The van der Waals surface area contributed by atoms with Crippen molar-refractivity contribution >= 4 is 17.6 Å². The van der Waals surface area contributed by atoms with E-state index in [9.17, 15) is 14.7 Å². The molecule has 136 valence electrons. The second kappa shape index (κ2) is 7.44. The molecule has 0 saturated carbocycles. The molecule has 2 aliphatic rings. The Hall–Kier alpha value is -2.08. The highest BCUT2D eigenvalue weighted by atomic mass is 16.5. The van der Waals surface area contributed by atoms with Crippen LogP contribution in [0.5, 0.6) is 0 Å². The maximum Gasteiger partial charge on any atom is 0.311 e. The Morgan fingerprint density at radius 1 is 1.24 bits per heavy atom. The van der Waals surface area contributed by atoms with Crippen LogP contribution >= 0.6 is 0 Å². The van der Waals surface area contributed by atoms with E-state index in [1.54, 1.807) is 4.90 Å². The van der Waals surface area contributed by atoms with E-state index in [2.05, 4.69) is 4.90 Å². The molecule has 1 aromatic carbocycles. The van der Waals surface area contributed by atoms with Crippen LogP contribution in [0.1, 0.15) is 36.5 Å². The highest BCUT2D eigenvalue weighted by molar-refractivity contribution is 5.95. The highest BCUT2D eigenvalue weighted by Crippen LogP contribution is 2.34. The molecule has 1 amide bonds. The van der Waals surface area contributed by atoms with Crippen LogP contribution in [0, 0.1) is 5.41 Å². The first-order chi connectivity index (χ1) is 12.1. The summed E-state index contributed by atoms with van der Waals surface area (Å²) < 4.78 is 5.38. The van der Waals surface area contributed by atoms with E-state index in [-0.39, 0.29) is 5.91 Å². The van der Waals surface area contributed by atoms with Crippen molar-refractivity contribution < 1.29 is 19.4 Å². The molecule has 6 heteroatoms. The summed E-state index contributed by atoms with van der Waals surface area (Å²) in [6.07, 6.45) is 1.91. The zero-order valence-electron chi connectivity index (χ0n) is 14.7. The molecule has 2 aliphatic heterocycles. The summed E-state index contributed by atoms with van der Waals surface area (Å²) in [6, 6.07) is 7.63. The molecular formula is C19H26N2O4. The van der Waals surface area contributed by atoms with E-state index in [1.807, 2.05) is 31.2 Å². The molecule has 2 saturated heterocycles. The van der Waals surface area contributed by atoms with E-state index in [1.165, 1.54) is 0 Å². The van der Waals surface area contributed by atoms with Gasteiger partial charge in [0.25, 0.3) is 5.91 Å². The fourth-order valence-electron chi connectivity index (χ4n) is 3.76. The smallest absolute Gasteiger partial charge is 0.311 e. The molecule has 1 aromatic rings. The molecule has 2 fully saturated rings. The number of likely N-dealkylation sites (tertiary alicyclic amines) is 1. The molecule has 0 spiro atoms. The largest absolute Gasteiger partial charge is 0.481 e. The molecule has 3 rings (SSSR count). The SMILES string of the molecule is CC[C@]1(C(=O)O)CCCN(C(=O)c2cccc(N3CCOCC3)c2)C1. The predicted molar refractivity (Wildman–Crippen MR) is 95.0 cm³/mol. The van der Waals surface area contributed by atoms with Crippen molar-refractivity contribution in [3.63, 3.8) is 0 Å². The summed E-state index contributed by atoms with van der Waals surface area (Å²) in [6.45, 7) is 5.83. The number of carbonyl (C=O) groups is 2. The number of carboxylic acid groups (broad SMARTS) is 1.